The fourth-order valence-electron chi connectivity index (χ4n) is 3.92. The Kier molecular flexibility index (Phi) is 4.39. The number of amides is 1. The highest BCUT2D eigenvalue weighted by Crippen LogP contribution is 2.49. The van der Waals surface area contributed by atoms with E-state index in [0.717, 1.165) is 5.56 Å². The van der Waals surface area contributed by atoms with E-state index in [1.54, 1.807) is 19.2 Å². The molecule has 0 aliphatic carbocycles. The van der Waals surface area contributed by atoms with Crippen LogP contribution in [0.5, 0.6) is 5.75 Å². The predicted octanol–water partition coefficient (Wildman–Crippen LogP) is 4.33. The molecule has 1 spiro atoms. The van der Waals surface area contributed by atoms with Crippen LogP contribution >= 0.6 is 11.6 Å². The molecule has 2 N–H and O–H groups in total. The zero-order chi connectivity index (χ0) is 21.1. The molecule has 4 rings (SSSR count). The predicted molar refractivity (Wildman–Crippen MR) is 111 cm³/mol. The van der Waals surface area contributed by atoms with Gasteiger partial charge in [-0.3, -0.25) is 9.69 Å². The van der Waals surface area contributed by atoms with Crippen LogP contribution in [0.1, 0.15) is 32.8 Å². The molecule has 2 aliphatic heterocycles. The Morgan fingerprint density at radius 3 is 2.55 bits per heavy atom. The highest BCUT2D eigenvalue weighted by atomic mass is 35.5. The van der Waals surface area contributed by atoms with E-state index in [4.69, 9.17) is 22.1 Å². The number of benzene rings is 2. The van der Waals surface area contributed by atoms with Gasteiger partial charge in [0.15, 0.2) is 11.5 Å². The molecule has 2 heterocycles. The van der Waals surface area contributed by atoms with Gasteiger partial charge in [-0.1, -0.05) is 38.4 Å². The SMILES string of the molecule is CN1C(=O)C2(CC(C(C)(C)C)Oc3ccc(-c4cc(F)cc(Cl)c4)cc32)N=C1N. The van der Waals surface area contributed by atoms with Crippen LogP contribution in [0.15, 0.2) is 41.4 Å². The lowest BCUT2D eigenvalue weighted by Crippen LogP contribution is -2.48. The zero-order valence-electron chi connectivity index (χ0n) is 16.8. The van der Waals surface area contributed by atoms with Crippen molar-refractivity contribution in [2.45, 2.75) is 38.8 Å². The molecule has 29 heavy (non-hydrogen) atoms. The van der Waals surface area contributed by atoms with Crippen LogP contribution in [0.4, 0.5) is 4.39 Å². The van der Waals surface area contributed by atoms with Crippen LogP contribution in [0.3, 0.4) is 0 Å². The lowest BCUT2D eigenvalue weighted by Gasteiger charge is -2.42. The fraction of sp³-hybridized carbons (Fsp3) is 0.364. The number of aliphatic imine (C=N–C) groups is 1. The molecular weight excluding hydrogens is 393 g/mol. The second-order valence-electron chi connectivity index (χ2n) is 8.74. The van der Waals surface area contributed by atoms with E-state index < -0.39 is 11.4 Å². The van der Waals surface area contributed by atoms with Crippen LogP contribution in [0, 0.1) is 11.2 Å². The van der Waals surface area contributed by atoms with E-state index >= 15 is 0 Å². The van der Waals surface area contributed by atoms with Gasteiger partial charge >= 0.3 is 0 Å². The van der Waals surface area contributed by atoms with Gasteiger partial charge in [-0.2, -0.15) is 0 Å². The van der Waals surface area contributed by atoms with Gasteiger partial charge in [0.1, 0.15) is 17.7 Å². The minimum Gasteiger partial charge on any atom is -0.489 e. The average Bonchev–Trinajstić information content (AvgIpc) is 2.84. The van der Waals surface area contributed by atoms with Crippen molar-refractivity contribution in [2.24, 2.45) is 16.1 Å². The van der Waals surface area contributed by atoms with Crippen molar-refractivity contribution in [1.29, 1.82) is 0 Å². The minimum atomic E-state index is -1.16. The number of fused-ring (bicyclic) bond motifs is 2. The summed E-state index contributed by atoms with van der Waals surface area (Å²) in [6.45, 7) is 6.20. The third-order valence-corrected chi connectivity index (χ3v) is 5.86. The van der Waals surface area contributed by atoms with Crippen molar-refractivity contribution in [2.75, 3.05) is 7.05 Å². The third-order valence-electron chi connectivity index (χ3n) is 5.64. The number of nitrogens with two attached hydrogens (primary N) is 1. The Hall–Kier alpha value is -2.60. The van der Waals surface area contributed by atoms with E-state index in [1.165, 1.54) is 17.0 Å². The van der Waals surface area contributed by atoms with Gasteiger partial charge in [-0.15, -0.1) is 0 Å². The van der Waals surface area contributed by atoms with Crippen LogP contribution < -0.4 is 10.5 Å². The molecule has 0 saturated heterocycles. The standard InChI is InChI=1S/C22H23ClFN3O2/c1-21(2,3)18-11-22(19(28)27(4)20(25)26-22)16-9-12(5-6-17(16)29-18)13-7-14(23)10-15(24)8-13/h5-10,18H,11H2,1-4H3,(H2,25,26). The number of nitrogens with zero attached hydrogens (tertiary/aromatic N) is 2. The number of guanidine groups is 1. The van der Waals surface area contributed by atoms with E-state index in [0.29, 0.717) is 28.3 Å². The van der Waals surface area contributed by atoms with Crippen molar-refractivity contribution in [3.63, 3.8) is 0 Å². The summed E-state index contributed by atoms with van der Waals surface area (Å²) < 4.78 is 20.1. The molecule has 2 atom stereocenters. The van der Waals surface area contributed by atoms with Crippen molar-refractivity contribution in [3.8, 4) is 16.9 Å². The molecule has 0 aromatic heterocycles. The smallest absolute Gasteiger partial charge is 0.261 e. The molecule has 7 heteroatoms. The highest BCUT2D eigenvalue weighted by molar-refractivity contribution is 6.30. The maximum Gasteiger partial charge on any atom is 0.261 e. The van der Waals surface area contributed by atoms with E-state index in [2.05, 4.69) is 25.8 Å². The number of ether oxygens (including phenoxy) is 1. The first-order valence-electron chi connectivity index (χ1n) is 9.42. The summed E-state index contributed by atoms with van der Waals surface area (Å²) in [4.78, 5) is 19.3. The summed E-state index contributed by atoms with van der Waals surface area (Å²) >= 11 is 6.03. The summed E-state index contributed by atoms with van der Waals surface area (Å²) in [7, 11) is 1.62. The van der Waals surface area contributed by atoms with Gasteiger partial charge < -0.3 is 10.5 Å². The largest absolute Gasteiger partial charge is 0.489 e. The number of carbonyl (C=O) groups excluding carboxylic acids is 1. The van der Waals surface area contributed by atoms with Crippen LogP contribution in [0.25, 0.3) is 11.1 Å². The quantitative estimate of drug-likeness (QED) is 0.753. The van der Waals surface area contributed by atoms with E-state index in [-0.39, 0.29) is 23.4 Å². The Labute approximate surface area is 174 Å². The number of rotatable bonds is 1. The van der Waals surface area contributed by atoms with E-state index in [9.17, 15) is 9.18 Å². The molecule has 2 aromatic carbocycles. The maximum atomic E-state index is 13.9. The second kappa shape index (κ2) is 6.46. The normalized spacial score (nSPS) is 23.8. The van der Waals surface area contributed by atoms with Gasteiger partial charge in [-0.25, -0.2) is 9.38 Å². The first kappa shape index (κ1) is 19.7. The fourth-order valence-corrected chi connectivity index (χ4v) is 4.14. The van der Waals surface area contributed by atoms with E-state index in [1.807, 2.05) is 12.1 Å². The molecule has 152 valence electrons. The first-order chi connectivity index (χ1) is 13.5. The molecule has 0 fully saturated rings. The Balaban J connectivity index is 1.91. The summed E-state index contributed by atoms with van der Waals surface area (Å²) in [6, 6.07) is 9.80. The Bertz CT molecular complexity index is 1030. The molecule has 0 bridgehead atoms. The van der Waals surface area contributed by atoms with Gasteiger partial charge in [0.2, 0.25) is 0 Å². The van der Waals surface area contributed by atoms with Gasteiger partial charge in [0, 0.05) is 24.1 Å². The zero-order valence-corrected chi connectivity index (χ0v) is 17.5. The lowest BCUT2D eigenvalue weighted by molar-refractivity contribution is -0.133. The van der Waals surface area contributed by atoms with Crippen molar-refractivity contribution < 1.29 is 13.9 Å². The molecular formula is C22H23ClFN3O2. The molecule has 1 amide bonds. The molecule has 0 saturated carbocycles. The number of hydrogen-bond donors (Lipinski definition) is 1. The molecule has 2 unspecified atom stereocenters. The van der Waals surface area contributed by atoms with Crippen molar-refractivity contribution in [1.82, 2.24) is 4.90 Å². The van der Waals surface area contributed by atoms with Crippen LogP contribution in [0.2, 0.25) is 5.02 Å². The third kappa shape index (κ3) is 3.15. The first-order valence-corrected chi connectivity index (χ1v) is 9.80. The number of carbonyl (C=O) groups is 1. The number of hydrogen-bond acceptors (Lipinski definition) is 4. The van der Waals surface area contributed by atoms with Gasteiger partial charge in [0.25, 0.3) is 5.91 Å². The average molecular weight is 416 g/mol. The Morgan fingerprint density at radius 1 is 1.24 bits per heavy atom. The summed E-state index contributed by atoms with van der Waals surface area (Å²) in [6.07, 6.45) is 0.150. The number of halogens is 2. The summed E-state index contributed by atoms with van der Waals surface area (Å²) in [5.74, 6) is 0.142. The van der Waals surface area contributed by atoms with Gasteiger partial charge in [0.05, 0.1) is 0 Å². The van der Waals surface area contributed by atoms with Crippen LogP contribution in [-0.4, -0.2) is 29.9 Å². The minimum absolute atomic E-state index is 0.176. The lowest BCUT2D eigenvalue weighted by atomic mass is 9.74. The molecule has 2 aromatic rings. The van der Waals surface area contributed by atoms with Crippen molar-refractivity contribution in [3.05, 3.63) is 52.8 Å². The summed E-state index contributed by atoms with van der Waals surface area (Å²) in [5.41, 5.74) is 6.63. The molecule has 0 radical (unpaired) electrons. The number of likely N-dealkylation sites (N-methyl/N-ethyl adjacent to an activating group) is 1. The van der Waals surface area contributed by atoms with Gasteiger partial charge in [-0.05, 0) is 46.9 Å². The highest BCUT2D eigenvalue weighted by Gasteiger charge is 2.55. The maximum absolute atomic E-state index is 13.9. The second-order valence-corrected chi connectivity index (χ2v) is 9.18. The molecule has 5 nitrogen and oxygen atoms in total. The van der Waals surface area contributed by atoms with Crippen LogP contribution in [-0.2, 0) is 10.3 Å². The monoisotopic (exact) mass is 415 g/mol. The molecule has 2 aliphatic rings. The van der Waals surface area contributed by atoms with Crippen molar-refractivity contribution >= 4 is 23.5 Å². The topological polar surface area (TPSA) is 67.9 Å². The Morgan fingerprint density at radius 2 is 1.97 bits per heavy atom. The summed E-state index contributed by atoms with van der Waals surface area (Å²) in [5, 5.41) is 0.301.